The first-order valence-electron chi connectivity index (χ1n) is 9.41. The lowest BCUT2D eigenvalue weighted by Crippen LogP contribution is -2.41. The zero-order valence-electron chi connectivity index (χ0n) is 15.9. The van der Waals surface area contributed by atoms with Crippen molar-refractivity contribution in [3.8, 4) is 5.75 Å². The zero-order valence-corrected chi connectivity index (χ0v) is 15.9. The van der Waals surface area contributed by atoms with Crippen LogP contribution in [-0.4, -0.2) is 25.0 Å². The minimum Gasteiger partial charge on any atom is -0.482 e. The smallest absolute Gasteiger partial charge is 0.265 e. The van der Waals surface area contributed by atoms with Crippen molar-refractivity contribution in [1.82, 2.24) is 5.32 Å². The molecule has 5 heteroatoms. The van der Waals surface area contributed by atoms with Gasteiger partial charge in [0.15, 0.2) is 6.61 Å². The van der Waals surface area contributed by atoms with E-state index in [-0.39, 0.29) is 30.9 Å². The summed E-state index contributed by atoms with van der Waals surface area (Å²) in [5.74, 6) is 0.965. The van der Waals surface area contributed by atoms with Crippen LogP contribution < -0.4 is 15.0 Å². The molecular weight excluding hydrogens is 340 g/mol. The predicted octanol–water partition coefficient (Wildman–Crippen LogP) is 3.71. The molecule has 2 aromatic carbocycles. The lowest BCUT2D eigenvalue weighted by molar-refractivity contribution is -0.122. The second kappa shape index (κ2) is 8.71. The highest BCUT2D eigenvalue weighted by atomic mass is 16.5. The van der Waals surface area contributed by atoms with E-state index in [0.717, 1.165) is 17.7 Å². The number of hydrogen-bond donors (Lipinski definition) is 1. The van der Waals surface area contributed by atoms with E-state index in [1.807, 2.05) is 54.6 Å². The van der Waals surface area contributed by atoms with E-state index in [4.69, 9.17) is 4.74 Å². The van der Waals surface area contributed by atoms with Crippen molar-refractivity contribution >= 4 is 17.5 Å². The monoisotopic (exact) mass is 366 g/mol. The Labute approximate surface area is 160 Å². The van der Waals surface area contributed by atoms with E-state index in [2.05, 4.69) is 19.2 Å². The van der Waals surface area contributed by atoms with Crippen LogP contribution in [0, 0.1) is 5.92 Å². The molecule has 0 aliphatic carbocycles. The van der Waals surface area contributed by atoms with Crippen LogP contribution in [0.1, 0.15) is 38.3 Å². The second-order valence-corrected chi connectivity index (χ2v) is 7.21. The minimum absolute atomic E-state index is 0.0125. The average molecular weight is 366 g/mol. The number of rotatable bonds is 7. The molecule has 0 saturated carbocycles. The highest BCUT2D eigenvalue weighted by Gasteiger charge is 2.26. The third kappa shape index (κ3) is 4.88. The van der Waals surface area contributed by atoms with Crippen molar-refractivity contribution in [2.75, 3.05) is 18.1 Å². The fourth-order valence-corrected chi connectivity index (χ4v) is 3.31. The topological polar surface area (TPSA) is 58.6 Å². The molecule has 2 aromatic rings. The van der Waals surface area contributed by atoms with Gasteiger partial charge >= 0.3 is 0 Å². The number of amides is 2. The number of nitrogens with zero attached hydrogens (tertiary/aromatic N) is 1. The highest BCUT2D eigenvalue weighted by molar-refractivity contribution is 5.98. The molecule has 1 heterocycles. The molecule has 2 amide bonds. The van der Waals surface area contributed by atoms with Crippen LogP contribution in [0.25, 0.3) is 0 Å². The molecule has 1 unspecified atom stereocenters. The lowest BCUT2D eigenvalue weighted by Gasteiger charge is -2.29. The van der Waals surface area contributed by atoms with Gasteiger partial charge in [-0.1, -0.05) is 56.3 Å². The number of ether oxygens (including phenoxy) is 1. The molecule has 1 N–H and O–H groups in total. The Kier molecular flexibility index (Phi) is 6.12. The van der Waals surface area contributed by atoms with Crippen LogP contribution in [0.5, 0.6) is 5.75 Å². The molecule has 0 spiro atoms. The molecule has 142 valence electrons. The van der Waals surface area contributed by atoms with Gasteiger partial charge in [0.25, 0.3) is 5.91 Å². The Morgan fingerprint density at radius 3 is 2.56 bits per heavy atom. The first kappa shape index (κ1) is 19.0. The molecule has 3 rings (SSSR count). The van der Waals surface area contributed by atoms with Gasteiger partial charge in [-0.25, -0.2) is 0 Å². The molecule has 5 nitrogen and oxygen atoms in total. The number of carbonyl (C=O) groups excluding carboxylic acids is 2. The van der Waals surface area contributed by atoms with E-state index in [1.54, 1.807) is 4.90 Å². The molecule has 0 saturated heterocycles. The van der Waals surface area contributed by atoms with Crippen LogP contribution in [0.15, 0.2) is 54.6 Å². The third-order valence-electron chi connectivity index (χ3n) is 4.61. The SMILES string of the molecule is CC(C)CC(NC(=O)CCN1C(=O)COc2ccccc21)c1ccccc1. The van der Waals surface area contributed by atoms with Gasteiger partial charge in [-0.05, 0) is 30.0 Å². The number of anilines is 1. The summed E-state index contributed by atoms with van der Waals surface area (Å²) in [5, 5.41) is 3.13. The van der Waals surface area contributed by atoms with Crippen molar-refractivity contribution in [2.45, 2.75) is 32.7 Å². The van der Waals surface area contributed by atoms with Gasteiger partial charge in [-0.2, -0.15) is 0 Å². The van der Waals surface area contributed by atoms with Gasteiger partial charge in [0.2, 0.25) is 5.91 Å². The molecule has 0 fully saturated rings. The van der Waals surface area contributed by atoms with Crippen LogP contribution >= 0.6 is 0 Å². The standard InChI is InChI=1S/C22H26N2O3/c1-16(2)14-18(17-8-4-3-5-9-17)23-21(25)12-13-24-19-10-6-7-11-20(19)27-15-22(24)26/h3-11,16,18H,12-15H2,1-2H3,(H,23,25). The quantitative estimate of drug-likeness (QED) is 0.813. The van der Waals surface area contributed by atoms with Gasteiger partial charge in [-0.3, -0.25) is 9.59 Å². The number of benzene rings is 2. The maximum absolute atomic E-state index is 12.6. The maximum Gasteiger partial charge on any atom is 0.265 e. The van der Waals surface area contributed by atoms with Crippen molar-refractivity contribution in [3.63, 3.8) is 0 Å². The minimum atomic E-state index is -0.122. The highest BCUT2D eigenvalue weighted by Crippen LogP contribution is 2.31. The summed E-state index contributed by atoms with van der Waals surface area (Å²) in [4.78, 5) is 26.5. The largest absolute Gasteiger partial charge is 0.482 e. The average Bonchev–Trinajstić information content (AvgIpc) is 2.67. The molecule has 0 radical (unpaired) electrons. The van der Waals surface area contributed by atoms with Crippen LogP contribution in [0.3, 0.4) is 0 Å². The van der Waals surface area contributed by atoms with E-state index >= 15 is 0 Å². The number of carbonyl (C=O) groups is 2. The van der Waals surface area contributed by atoms with Gasteiger partial charge in [-0.15, -0.1) is 0 Å². The molecule has 1 aliphatic heterocycles. The summed E-state index contributed by atoms with van der Waals surface area (Å²) in [6.07, 6.45) is 1.12. The third-order valence-corrected chi connectivity index (χ3v) is 4.61. The Bertz CT molecular complexity index is 789. The maximum atomic E-state index is 12.6. The van der Waals surface area contributed by atoms with Gasteiger partial charge in [0, 0.05) is 13.0 Å². The Morgan fingerprint density at radius 1 is 1.11 bits per heavy atom. The summed E-state index contributed by atoms with van der Waals surface area (Å²) in [7, 11) is 0. The molecular formula is C22H26N2O3. The van der Waals surface area contributed by atoms with Gasteiger partial charge < -0.3 is 15.0 Å². The van der Waals surface area contributed by atoms with Gasteiger partial charge in [0.05, 0.1) is 11.7 Å². The molecule has 0 bridgehead atoms. The van der Waals surface area contributed by atoms with Crippen LogP contribution in [0.2, 0.25) is 0 Å². The van der Waals surface area contributed by atoms with Gasteiger partial charge in [0.1, 0.15) is 5.75 Å². The van der Waals surface area contributed by atoms with E-state index in [1.165, 1.54) is 0 Å². The predicted molar refractivity (Wildman–Crippen MR) is 106 cm³/mol. The molecule has 27 heavy (non-hydrogen) atoms. The first-order chi connectivity index (χ1) is 13.0. The van der Waals surface area contributed by atoms with E-state index in [0.29, 0.717) is 18.2 Å². The fourth-order valence-electron chi connectivity index (χ4n) is 3.31. The first-order valence-corrected chi connectivity index (χ1v) is 9.41. The summed E-state index contributed by atoms with van der Waals surface area (Å²) in [5.41, 5.74) is 1.83. The van der Waals surface area contributed by atoms with Crippen molar-refractivity contribution in [1.29, 1.82) is 0 Å². The van der Waals surface area contributed by atoms with Crippen LogP contribution in [-0.2, 0) is 9.59 Å². The molecule has 0 aromatic heterocycles. The van der Waals surface area contributed by atoms with Crippen molar-refractivity contribution < 1.29 is 14.3 Å². The Morgan fingerprint density at radius 2 is 1.81 bits per heavy atom. The van der Waals surface area contributed by atoms with E-state index < -0.39 is 0 Å². The number of nitrogens with one attached hydrogen (secondary N) is 1. The zero-order chi connectivity index (χ0) is 19.2. The Hall–Kier alpha value is -2.82. The van der Waals surface area contributed by atoms with Crippen molar-refractivity contribution in [3.05, 3.63) is 60.2 Å². The normalized spacial score (nSPS) is 14.5. The second-order valence-electron chi connectivity index (χ2n) is 7.21. The summed E-state index contributed by atoms with van der Waals surface area (Å²) >= 11 is 0. The molecule has 1 aliphatic rings. The van der Waals surface area contributed by atoms with Crippen molar-refractivity contribution in [2.24, 2.45) is 5.92 Å². The number of para-hydroxylation sites is 2. The summed E-state index contributed by atoms with van der Waals surface area (Å²) in [6, 6.07) is 17.4. The van der Waals surface area contributed by atoms with Crippen LogP contribution in [0.4, 0.5) is 5.69 Å². The molecule has 1 atom stereocenters. The van der Waals surface area contributed by atoms with E-state index in [9.17, 15) is 9.59 Å². The number of fused-ring (bicyclic) bond motifs is 1. The lowest BCUT2D eigenvalue weighted by atomic mass is 9.97. The Balaban J connectivity index is 1.64. The summed E-state index contributed by atoms with van der Waals surface area (Å²) in [6.45, 7) is 4.64. The number of hydrogen-bond acceptors (Lipinski definition) is 3. The summed E-state index contributed by atoms with van der Waals surface area (Å²) < 4.78 is 5.45. The fraction of sp³-hybridized carbons (Fsp3) is 0.364.